The lowest BCUT2D eigenvalue weighted by Crippen LogP contribution is -2.27. The Hall–Kier alpha value is -1.24. The molecule has 0 aliphatic carbocycles. The van der Waals surface area contributed by atoms with Crippen LogP contribution in [0.4, 0.5) is 0 Å². The Labute approximate surface area is 127 Å². The van der Waals surface area contributed by atoms with Gasteiger partial charge < -0.3 is 0 Å². The first-order chi connectivity index (χ1) is 9.38. The Morgan fingerprint density at radius 3 is 2.45 bits per heavy atom. The van der Waals surface area contributed by atoms with Crippen molar-refractivity contribution < 1.29 is 8.42 Å². The molecule has 1 unspecified atom stereocenters. The molecule has 2 aromatic rings. The number of sulfonamides is 1. The van der Waals surface area contributed by atoms with Crippen molar-refractivity contribution in [1.29, 1.82) is 0 Å². The first kappa shape index (κ1) is 15.2. The Bertz CT molecular complexity index is 699. The molecule has 106 valence electrons. The summed E-state index contributed by atoms with van der Waals surface area (Å²) in [6.07, 6.45) is 2.87. The molecular weight excluding hydrogens is 340 g/mol. The van der Waals surface area contributed by atoms with Crippen LogP contribution in [0.25, 0.3) is 0 Å². The van der Waals surface area contributed by atoms with Crippen LogP contribution in [-0.2, 0) is 10.0 Å². The van der Waals surface area contributed by atoms with Gasteiger partial charge in [-0.15, -0.1) is 0 Å². The number of pyridine rings is 1. The molecule has 0 saturated heterocycles. The Balaban J connectivity index is 2.22. The molecule has 0 bridgehead atoms. The maximum absolute atomic E-state index is 12.3. The number of hydrogen-bond donors (Lipinski definition) is 1. The van der Waals surface area contributed by atoms with E-state index >= 15 is 0 Å². The molecule has 4 nitrogen and oxygen atoms in total. The summed E-state index contributed by atoms with van der Waals surface area (Å²) in [6, 6.07) is 8.97. The van der Waals surface area contributed by atoms with Gasteiger partial charge in [-0.25, -0.2) is 13.1 Å². The lowest BCUT2D eigenvalue weighted by Gasteiger charge is -2.15. The summed E-state index contributed by atoms with van der Waals surface area (Å²) in [7, 11) is -3.58. The average Bonchev–Trinajstić information content (AvgIpc) is 2.39. The summed E-state index contributed by atoms with van der Waals surface area (Å²) in [5.41, 5.74) is 2.06. The molecule has 1 heterocycles. The van der Waals surface area contributed by atoms with Crippen LogP contribution >= 0.6 is 15.9 Å². The minimum Gasteiger partial charge on any atom is -0.262 e. The summed E-state index contributed by atoms with van der Waals surface area (Å²) >= 11 is 3.22. The number of halogens is 1. The van der Waals surface area contributed by atoms with Crippen molar-refractivity contribution in [1.82, 2.24) is 9.71 Å². The summed E-state index contributed by atoms with van der Waals surface area (Å²) in [6.45, 7) is 3.80. The molecule has 0 aliphatic rings. The Kier molecular flexibility index (Phi) is 4.57. The van der Waals surface area contributed by atoms with Crippen molar-refractivity contribution in [2.45, 2.75) is 24.8 Å². The molecule has 0 fully saturated rings. The summed E-state index contributed by atoms with van der Waals surface area (Å²) in [5.74, 6) is 0. The van der Waals surface area contributed by atoms with Gasteiger partial charge in [0, 0.05) is 22.9 Å². The SMILES string of the molecule is Cc1ccc(C(C)NS(=O)(=O)c2cncc(Br)c2)cc1. The molecule has 0 saturated carbocycles. The fourth-order valence-corrected chi connectivity index (χ4v) is 3.50. The third kappa shape index (κ3) is 3.65. The van der Waals surface area contributed by atoms with Gasteiger partial charge in [0.1, 0.15) is 4.90 Å². The van der Waals surface area contributed by atoms with Gasteiger partial charge in [-0.1, -0.05) is 29.8 Å². The highest BCUT2D eigenvalue weighted by Gasteiger charge is 2.18. The fraction of sp³-hybridized carbons (Fsp3) is 0.214. The maximum Gasteiger partial charge on any atom is 0.242 e. The second-order valence-corrected chi connectivity index (χ2v) is 7.22. The Morgan fingerprint density at radius 1 is 1.20 bits per heavy atom. The number of nitrogens with zero attached hydrogens (tertiary/aromatic N) is 1. The van der Waals surface area contributed by atoms with E-state index in [0.717, 1.165) is 11.1 Å². The zero-order valence-electron chi connectivity index (χ0n) is 11.2. The monoisotopic (exact) mass is 354 g/mol. The van der Waals surface area contributed by atoms with E-state index in [1.54, 1.807) is 6.20 Å². The van der Waals surface area contributed by atoms with Crippen molar-refractivity contribution >= 4 is 26.0 Å². The minimum absolute atomic E-state index is 0.144. The van der Waals surface area contributed by atoms with E-state index in [9.17, 15) is 8.42 Å². The normalized spacial score (nSPS) is 13.2. The molecule has 1 aromatic heterocycles. The van der Waals surface area contributed by atoms with Crippen molar-refractivity contribution in [2.24, 2.45) is 0 Å². The summed E-state index contributed by atoms with van der Waals surface area (Å²) in [4.78, 5) is 4.02. The lowest BCUT2D eigenvalue weighted by molar-refractivity contribution is 0.566. The van der Waals surface area contributed by atoms with Crippen molar-refractivity contribution in [3.8, 4) is 0 Å². The molecule has 0 amide bonds. The molecule has 20 heavy (non-hydrogen) atoms. The van der Waals surface area contributed by atoms with Crippen LogP contribution in [0.15, 0.2) is 52.1 Å². The summed E-state index contributed by atoms with van der Waals surface area (Å²) in [5, 5.41) is 0. The smallest absolute Gasteiger partial charge is 0.242 e. The fourth-order valence-electron chi connectivity index (χ4n) is 1.76. The van der Waals surface area contributed by atoms with Gasteiger partial charge in [-0.3, -0.25) is 4.98 Å². The highest BCUT2D eigenvalue weighted by Crippen LogP contribution is 2.19. The number of nitrogens with one attached hydrogen (secondary N) is 1. The number of aromatic nitrogens is 1. The van der Waals surface area contributed by atoms with Gasteiger partial charge in [0.05, 0.1) is 0 Å². The first-order valence-corrected chi connectivity index (χ1v) is 8.35. The van der Waals surface area contributed by atoms with Crippen LogP contribution in [0.3, 0.4) is 0 Å². The number of aryl methyl sites for hydroxylation is 1. The zero-order valence-corrected chi connectivity index (χ0v) is 13.6. The van der Waals surface area contributed by atoms with Crippen LogP contribution < -0.4 is 4.72 Å². The molecule has 0 spiro atoms. The highest BCUT2D eigenvalue weighted by molar-refractivity contribution is 9.10. The second kappa shape index (κ2) is 6.03. The largest absolute Gasteiger partial charge is 0.262 e. The number of rotatable bonds is 4. The number of hydrogen-bond acceptors (Lipinski definition) is 3. The Morgan fingerprint density at radius 2 is 1.85 bits per heavy atom. The van der Waals surface area contributed by atoms with Gasteiger partial charge in [-0.05, 0) is 41.4 Å². The van der Waals surface area contributed by atoms with Gasteiger partial charge in [-0.2, -0.15) is 0 Å². The summed E-state index contributed by atoms with van der Waals surface area (Å²) < 4.78 is 27.8. The number of benzene rings is 1. The second-order valence-electron chi connectivity index (χ2n) is 4.59. The predicted octanol–water partition coefficient (Wildman–Crippen LogP) is 3.19. The molecule has 1 aromatic carbocycles. The lowest BCUT2D eigenvalue weighted by atomic mass is 10.1. The van der Waals surface area contributed by atoms with Crippen LogP contribution in [0.5, 0.6) is 0 Å². The van der Waals surface area contributed by atoms with E-state index in [1.165, 1.54) is 12.3 Å². The van der Waals surface area contributed by atoms with E-state index in [0.29, 0.717) is 4.47 Å². The van der Waals surface area contributed by atoms with E-state index in [2.05, 4.69) is 25.6 Å². The van der Waals surface area contributed by atoms with Gasteiger partial charge in [0.2, 0.25) is 10.0 Å². The zero-order chi connectivity index (χ0) is 14.8. The first-order valence-electron chi connectivity index (χ1n) is 6.08. The van der Waals surface area contributed by atoms with E-state index in [1.807, 2.05) is 38.1 Å². The topological polar surface area (TPSA) is 59.1 Å². The molecule has 1 N–H and O–H groups in total. The van der Waals surface area contributed by atoms with E-state index < -0.39 is 10.0 Å². The van der Waals surface area contributed by atoms with Crippen LogP contribution in [0, 0.1) is 6.92 Å². The average molecular weight is 355 g/mol. The molecule has 1 atom stereocenters. The standard InChI is InChI=1S/C14H15BrN2O2S/c1-10-3-5-12(6-4-10)11(2)17-20(18,19)14-7-13(15)8-16-9-14/h3-9,11,17H,1-2H3. The quantitative estimate of drug-likeness (QED) is 0.916. The van der Waals surface area contributed by atoms with Crippen molar-refractivity contribution in [3.05, 3.63) is 58.3 Å². The third-order valence-corrected chi connectivity index (χ3v) is 4.84. The van der Waals surface area contributed by atoms with Gasteiger partial charge in [0.15, 0.2) is 0 Å². The molecule has 2 rings (SSSR count). The molecule has 0 aliphatic heterocycles. The van der Waals surface area contributed by atoms with Crippen LogP contribution in [-0.4, -0.2) is 13.4 Å². The molecule has 0 radical (unpaired) electrons. The minimum atomic E-state index is -3.58. The predicted molar refractivity (Wildman–Crippen MR) is 81.9 cm³/mol. The maximum atomic E-state index is 12.3. The third-order valence-electron chi connectivity index (χ3n) is 2.90. The van der Waals surface area contributed by atoms with Gasteiger partial charge in [0.25, 0.3) is 0 Å². The van der Waals surface area contributed by atoms with E-state index in [-0.39, 0.29) is 10.9 Å². The highest BCUT2D eigenvalue weighted by atomic mass is 79.9. The van der Waals surface area contributed by atoms with E-state index in [4.69, 9.17) is 0 Å². The van der Waals surface area contributed by atoms with Crippen LogP contribution in [0.1, 0.15) is 24.1 Å². The van der Waals surface area contributed by atoms with Gasteiger partial charge >= 0.3 is 0 Å². The van der Waals surface area contributed by atoms with Crippen molar-refractivity contribution in [3.63, 3.8) is 0 Å². The van der Waals surface area contributed by atoms with Crippen LogP contribution in [0.2, 0.25) is 0 Å². The molecular formula is C14H15BrN2O2S. The van der Waals surface area contributed by atoms with Crippen molar-refractivity contribution in [2.75, 3.05) is 0 Å². The molecule has 6 heteroatoms.